The molecule has 5 rings (SSSR count). The molecule has 7 heteroatoms. The highest BCUT2D eigenvalue weighted by Gasteiger charge is 2.47. The van der Waals surface area contributed by atoms with Crippen molar-refractivity contribution in [2.75, 3.05) is 11.4 Å². The van der Waals surface area contributed by atoms with Crippen molar-refractivity contribution in [2.45, 2.75) is 64.0 Å². The number of unbranched alkanes of at least 4 members (excludes halogenated alkanes) is 1. The highest BCUT2D eigenvalue weighted by Crippen LogP contribution is 2.51. The Morgan fingerprint density at radius 2 is 1.68 bits per heavy atom. The van der Waals surface area contributed by atoms with Gasteiger partial charge in [-0.2, -0.15) is 0 Å². The summed E-state index contributed by atoms with van der Waals surface area (Å²) < 4.78 is 41.9. The number of hydrogen-bond donors (Lipinski definition) is 0. The van der Waals surface area contributed by atoms with Crippen molar-refractivity contribution in [1.29, 1.82) is 0 Å². The number of ether oxygens (including phenoxy) is 1. The molecule has 3 aromatic rings. The summed E-state index contributed by atoms with van der Waals surface area (Å²) in [5.74, 6) is -0.240. The Morgan fingerprint density at radius 1 is 0.974 bits per heavy atom. The monoisotopic (exact) mass is 522 g/mol. The molecular weight excluding hydrogens is 489 g/mol. The largest absolute Gasteiger partial charge is 0.573 e. The van der Waals surface area contributed by atoms with E-state index in [4.69, 9.17) is 0 Å². The fourth-order valence-corrected chi connectivity index (χ4v) is 6.19. The van der Waals surface area contributed by atoms with Gasteiger partial charge in [0.2, 0.25) is 0 Å². The third kappa shape index (κ3) is 5.58. The van der Waals surface area contributed by atoms with E-state index in [-0.39, 0.29) is 29.7 Å². The van der Waals surface area contributed by atoms with Crippen LogP contribution in [0.3, 0.4) is 0 Å². The molecule has 0 unspecified atom stereocenters. The summed E-state index contributed by atoms with van der Waals surface area (Å²) in [6.45, 7) is 4.03. The van der Waals surface area contributed by atoms with Crippen molar-refractivity contribution < 1.29 is 22.7 Å². The number of carbonyl (C=O) groups excluding carboxylic acids is 1. The lowest BCUT2D eigenvalue weighted by molar-refractivity contribution is -0.274. The first-order valence-corrected chi connectivity index (χ1v) is 13.4. The van der Waals surface area contributed by atoms with Gasteiger partial charge in [0.15, 0.2) is 0 Å². The molecule has 1 aliphatic carbocycles. The van der Waals surface area contributed by atoms with Gasteiger partial charge in [0, 0.05) is 29.9 Å². The molecule has 1 aliphatic heterocycles. The Morgan fingerprint density at radius 3 is 2.39 bits per heavy atom. The summed E-state index contributed by atoms with van der Waals surface area (Å²) in [4.78, 5) is 18.4. The molecule has 0 aromatic heterocycles. The van der Waals surface area contributed by atoms with Gasteiger partial charge in [-0.05, 0) is 73.2 Å². The number of para-hydroxylation sites is 1. The average molecular weight is 523 g/mol. The number of alkyl halides is 3. The summed E-state index contributed by atoms with van der Waals surface area (Å²) in [5.41, 5.74) is 3.67. The minimum atomic E-state index is -4.77. The molecule has 1 fully saturated rings. The molecule has 2 aliphatic rings. The molecule has 0 bridgehead atoms. The Hall–Kier alpha value is -3.32. The second kappa shape index (κ2) is 11.2. The van der Waals surface area contributed by atoms with Crippen LogP contribution in [0.2, 0.25) is 0 Å². The molecule has 3 atom stereocenters. The number of halogens is 3. The van der Waals surface area contributed by atoms with Crippen molar-refractivity contribution in [3.05, 3.63) is 95.6 Å². The van der Waals surface area contributed by atoms with E-state index >= 15 is 0 Å². The van der Waals surface area contributed by atoms with Crippen LogP contribution in [0, 0.1) is 5.92 Å². The number of rotatable bonds is 8. The number of carbonyl (C=O) groups is 1. The highest BCUT2D eigenvalue weighted by atomic mass is 19.4. The minimum absolute atomic E-state index is 0.0356. The van der Waals surface area contributed by atoms with Crippen molar-refractivity contribution in [1.82, 2.24) is 4.90 Å². The van der Waals surface area contributed by atoms with Crippen molar-refractivity contribution in [2.24, 2.45) is 5.92 Å². The van der Waals surface area contributed by atoms with Crippen molar-refractivity contribution in [3.8, 4) is 5.75 Å². The smallest absolute Gasteiger partial charge is 0.406 e. The average Bonchev–Trinajstić information content (AvgIpc) is 3.38. The fraction of sp³-hybridized carbons (Fsp3) is 0.387. The number of benzene rings is 3. The Labute approximate surface area is 222 Å². The maximum Gasteiger partial charge on any atom is 0.573 e. The summed E-state index contributed by atoms with van der Waals surface area (Å²) in [6.07, 6.45) is 0.401. The SMILES string of the molecule is CCCCN(Cc1ccccc1)[C@H]1c2ccccc2N(C(=O)c2ccc(OC(F)(F)F)cc2)[C@@H]2CCC[C@@H]21. The van der Waals surface area contributed by atoms with Crippen LogP contribution in [0.5, 0.6) is 5.75 Å². The number of nitrogens with zero attached hydrogens (tertiary/aromatic N) is 2. The van der Waals surface area contributed by atoms with Crippen LogP contribution >= 0.6 is 0 Å². The van der Waals surface area contributed by atoms with Gasteiger partial charge in [0.25, 0.3) is 5.91 Å². The highest BCUT2D eigenvalue weighted by molar-refractivity contribution is 6.07. The Bertz CT molecular complexity index is 1230. The van der Waals surface area contributed by atoms with Gasteiger partial charge in [-0.3, -0.25) is 9.69 Å². The van der Waals surface area contributed by atoms with Gasteiger partial charge in [0.1, 0.15) is 5.75 Å². The fourth-order valence-electron chi connectivity index (χ4n) is 6.19. The molecule has 38 heavy (non-hydrogen) atoms. The molecule has 1 amide bonds. The van der Waals surface area contributed by atoms with Crippen LogP contribution in [-0.2, 0) is 6.54 Å². The molecule has 1 saturated carbocycles. The van der Waals surface area contributed by atoms with Gasteiger partial charge >= 0.3 is 6.36 Å². The van der Waals surface area contributed by atoms with E-state index in [1.54, 1.807) is 0 Å². The van der Waals surface area contributed by atoms with E-state index < -0.39 is 6.36 Å². The van der Waals surface area contributed by atoms with E-state index in [2.05, 4.69) is 46.9 Å². The van der Waals surface area contributed by atoms with Gasteiger partial charge in [-0.15, -0.1) is 13.2 Å². The summed E-state index contributed by atoms with van der Waals surface area (Å²) >= 11 is 0. The van der Waals surface area contributed by atoms with E-state index in [9.17, 15) is 18.0 Å². The first-order chi connectivity index (χ1) is 18.4. The zero-order valence-corrected chi connectivity index (χ0v) is 21.5. The van der Waals surface area contributed by atoms with Gasteiger partial charge in [0.05, 0.1) is 0 Å². The van der Waals surface area contributed by atoms with Crippen LogP contribution in [-0.4, -0.2) is 29.8 Å². The van der Waals surface area contributed by atoms with Crippen LogP contribution in [0.4, 0.5) is 18.9 Å². The first kappa shape index (κ1) is 26.3. The molecule has 0 saturated heterocycles. The molecule has 200 valence electrons. The van der Waals surface area contributed by atoms with Crippen LogP contribution in [0.15, 0.2) is 78.9 Å². The normalized spacial score (nSPS) is 20.8. The van der Waals surface area contributed by atoms with E-state index in [0.717, 1.165) is 56.4 Å². The zero-order chi connectivity index (χ0) is 26.7. The summed E-state index contributed by atoms with van der Waals surface area (Å²) in [5, 5.41) is 0. The number of amides is 1. The maximum absolute atomic E-state index is 13.9. The predicted octanol–water partition coefficient (Wildman–Crippen LogP) is 7.76. The number of fused-ring (bicyclic) bond motifs is 2. The quantitative estimate of drug-likeness (QED) is 0.303. The molecule has 3 aromatic carbocycles. The molecule has 4 nitrogen and oxygen atoms in total. The first-order valence-electron chi connectivity index (χ1n) is 13.4. The lowest BCUT2D eigenvalue weighted by Crippen LogP contribution is -2.51. The van der Waals surface area contributed by atoms with Crippen LogP contribution < -0.4 is 9.64 Å². The van der Waals surface area contributed by atoms with E-state index in [1.165, 1.54) is 29.8 Å². The molecule has 0 radical (unpaired) electrons. The maximum atomic E-state index is 13.9. The Kier molecular flexibility index (Phi) is 7.75. The lowest BCUT2D eigenvalue weighted by atomic mass is 9.81. The summed E-state index contributed by atoms with van der Waals surface area (Å²) in [6, 6.07) is 24.1. The third-order valence-electron chi connectivity index (χ3n) is 7.76. The number of anilines is 1. The minimum Gasteiger partial charge on any atom is -0.406 e. The van der Waals surface area contributed by atoms with Gasteiger partial charge in [-0.1, -0.05) is 68.3 Å². The second-order valence-corrected chi connectivity index (χ2v) is 10.2. The standard InChI is InChI=1S/C31H33F3N2O2/c1-2-3-20-35(21-22-10-5-4-6-11-22)29-25-12-7-8-14-27(25)36(28-15-9-13-26(28)29)30(37)23-16-18-24(19-17-23)38-31(32,33)34/h4-8,10-12,14,16-19,26,28-29H,2-3,9,13,15,20-21H2,1H3/t26-,28+,29-/m0/s1. The molecule has 0 spiro atoms. The van der Waals surface area contributed by atoms with Crippen LogP contribution in [0.1, 0.15) is 66.6 Å². The van der Waals surface area contributed by atoms with Gasteiger partial charge < -0.3 is 9.64 Å². The number of hydrogen-bond acceptors (Lipinski definition) is 3. The van der Waals surface area contributed by atoms with Crippen molar-refractivity contribution in [3.63, 3.8) is 0 Å². The predicted molar refractivity (Wildman–Crippen MR) is 142 cm³/mol. The Balaban J connectivity index is 1.50. The third-order valence-corrected chi connectivity index (χ3v) is 7.76. The molecule has 1 heterocycles. The van der Waals surface area contributed by atoms with Gasteiger partial charge in [-0.25, -0.2) is 0 Å². The van der Waals surface area contributed by atoms with E-state index in [1.807, 2.05) is 29.2 Å². The molecular formula is C31H33F3N2O2. The van der Waals surface area contributed by atoms with Crippen molar-refractivity contribution >= 4 is 11.6 Å². The molecule has 0 N–H and O–H groups in total. The lowest BCUT2D eigenvalue weighted by Gasteiger charge is -2.48. The van der Waals surface area contributed by atoms with Crippen LogP contribution in [0.25, 0.3) is 0 Å². The zero-order valence-electron chi connectivity index (χ0n) is 21.5. The van der Waals surface area contributed by atoms with E-state index in [0.29, 0.717) is 5.56 Å². The second-order valence-electron chi connectivity index (χ2n) is 10.2. The topological polar surface area (TPSA) is 32.8 Å². The summed E-state index contributed by atoms with van der Waals surface area (Å²) in [7, 11) is 0.